The number of furan rings is 1. The first kappa shape index (κ1) is 15.4. The maximum absolute atomic E-state index is 11.9. The SMILES string of the molecule is N#CC(C#N)=C(C#N)Nc1cccc(NC(=O)c2ccco2)c1. The Labute approximate surface area is 131 Å². The molecule has 1 aromatic carbocycles. The van der Waals surface area contributed by atoms with Crippen LogP contribution in [0.2, 0.25) is 0 Å². The van der Waals surface area contributed by atoms with Crippen LogP contribution in [-0.4, -0.2) is 5.91 Å². The molecule has 1 amide bonds. The number of nitrogens with one attached hydrogen (secondary N) is 2. The first-order chi connectivity index (χ1) is 11.2. The molecular weight excluding hydrogens is 294 g/mol. The summed E-state index contributed by atoms with van der Waals surface area (Å²) in [6.45, 7) is 0. The molecule has 0 saturated carbocycles. The predicted octanol–water partition coefficient (Wildman–Crippen LogP) is 2.77. The van der Waals surface area contributed by atoms with Crippen molar-refractivity contribution in [2.45, 2.75) is 0 Å². The quantitative estimate of drug-likeness (QED) is 0.836. The van der Waals surface area contributed by atoms with Crippen molar-refractivity contribution in [2.24, 2.45) is 0 Å². The summed E-state index contributed by atoms with van der Waals surface area (Å²) in [4.78, 5) is 11.9. The van der Waals surface area contributed by atoms with Gasteiger partial charge in [0, 0.05) is 11.4 Å². The minimum atomic E-state index is -0.419. The van der Waals surface area contributed by atoms with Crippen LogP contribution in [0.25, 0.3) is 0 Å². The highest BCUT2D eigenvalue weighted by molar-refractivity contribution is 6.02. The maximum atomic E-state index is 11.9. The number of nitriles is 3. The molecular formula is C16H9N5O2. The zero-order valence-corrected chi connectivity index (χ0v) is 11.7. The third kappa shape index (κ3) is 3.75. The number of carbonyl (C=O) groups excluding carboxylic acids is 1. The van der Waals surface area contributed by atoms with Crippen LogP contribution in [0.4, 0.5) is 11.4 Å². The molecule has 7 nitrogen and oxygen atoms in total. The van der Waals surface area contributed by atoms with Crippen molar-refractivity contribution in [1.82, 2.24) is 0 Å². The van der Waals surface area contributed by atoms with Crippen molar-refractivity contribution in [1.29, 1.82) is 15.8 Å². The molecule has 1 heterocycles. The molecule has 23 heavy (non-hydrogen) atoms. The van der Waals surface area contributed by atoms with E-state index in [1.54, 1.807) is 48.5 Å². The summed E-state index contributed by atoms with van der Waals surface area (Å²) in [5, 5.41) is 31.9. The molecule has 0 aliphatic heterocycles. The molecule has 2 rings (SSSR count). The van der Waals surface area contributed by atoms with Crippen LogP contribution in [0.3, 0.4) is 0 Å². The fourth-order valence-electron chi connectivity index (χ4n) is 1.70. The summed E-state index contributed by atoms with van der Waals surface area (Å²) in [6.07, 6.45) is 1.39. The lowest BCUT2D eigenvalue weighted by Gasteiger charge is -2.08. The smallest absolute Gasteiger partial charge is 0.291 e. The van der Waals surface area contributed by atoms with Gasteiger partial charge in [-0.05, 0) is 30.3 Å². The highest BCUT2D eigenvalue weighted by atomic mass is 16.3. The molecule has 0 saturated heterocycles. The normalized spacial score (nSPS) is 8.91. The van der Waals surface area contributed by atoms with Crippen LogP contribution in [0.15, 0.2) is 58.3 Å². The number of allylic oxidation sites excluding steroid dienone is 2. The van der Waals surface area contributed by atoms with E-state index in [0.717, 1.165) is 0 Å². The van der Waals surface area contributed by atoms with Crippen LogP contribution in [-0.2, 0) is 0 Å². The first-order valence-electron chi connectivity index (χ1n) is 6.34. The van der Waals surface area contributed by atoms with E-state index in [2.05, 4.69) is 10.6 Å². The number of hydrogen-bond acceptors (Lipinski definition) is 6. The van der Waals surface area contributed by atoms with E-state index in [1.165, 1.54) is 12.3 Å². The second kappa shape index (κ2) is 7.12. The summed E-state index contributed by atoms with van der Waals surface area (Å²) >= 11 is 0. The van der Waals surface area contributed by atoms with Crippen LogP contribution < -0.4 is 10.6 Å². The van der Waals surface area contributed by atoms with Gasteiger partial charge in [0.2, 0.25) is 0 Å². The van der Waals surface area contributed by atoms with Gasteiger partial charge in [0.1, 0.15) is 23.9 Å². The van der Waals surface area contributed by atoms with Crippen molar-refractivity contribution in [3.63, 3.8) is 0 Å². The van der Waals surface area contributed by atoms with Gasteiger partial charge >= 0.3 is 0 Å². The molecule has 0 aliphatic rings. The van der Waals surface area contributed by atoms with E-state index < -0.39 is 5.91 Å². The molecule has 0 spiro atoms. The van der Waals surface area contributed by atoms with Gasteiger partial charge in [-0.1, -0.05) is 6.07 Å². The molecule has 110 valence electrons. The lowest BCUT2D eigenvalue weighted by atomic mass is 10.2. The summed E-state index contributed by atoms with van der Waals surface area (Å²) in [5.41, 5.74) is 0.424. The minimum Gasteiger partial charge on any atom is -0.459 e. The van der Waals surface area contributed by atoms with E-state index in [-0.39, 0.29) is 17.0 Å². The second-order valence-electron chi connectivity index (χ2n) is 4.22. The fraction of sp³-hybridized carbons (Fsp3) is 0. The van der Waals surface area contributed by atoms with Crippen LogP contribution >= 0.6 is 0 Å². The molecule has 1 aromatic heterocycles. The Kier molecular flexibility index (Phi) is 4.76. The maximum Gasteiger partial charge on any atom is 0.291 e. The van der Waals surface area contributed by atoms with Gasteiger partial charge in [-0.2, -0.15) is 15.8 Å². The van der Waals surface area contributed by atoms with Gasteiger partial charge in [0.05, 0.1) is 6.26 Å². The average Bonchev–Trinajstić information content (AvgIpc) is 3.10. The van der Waals surface area contributed by atoms with Crippen LogP contribution in [0, 0.1) is 34.0 Å². The summed E-state index contributed by atoms with van der Waals surface area (Å²) in [7, 11) is 0. The Morgan fingerprint density at radius 1 is 0.957 bits per heavy atom. The fourth-order valence-corrected chi connectivity index (χ4v) is 1.70. The molecule has 7 heteroatoms. The minimum absolute atomic E-state index is 0.162. The molecule has 2 N–H and O–H groups in total. The van der Waals surface area contributed by atoms with Gasteiger partial charge in [-0.3, -0.25) is 4.79 Å². The third-order valence-corrected chi connectivity index (χ3v) is 2.72. The predicted molar refractivity (Wildman–Crippen MR) is 80.6 cm³/mol. The van der Waals surface area contributed by atoms with Crippen molar-refractivity contribution in [3.05, 3.63) is 59.7 Å². The van der Waals surface area contributed by atoms with Crippen molar-refractivity contribution < 1.29 is 9.21 Å². The van der Waals surface area contributed by atoms with E-state index in [4.69, 9.17) is 20.2 Å². The number of rotatable bonds is 4. The molecule has 0 bridgehead atoms. The van der Waals surface area contributed by atoms with Gasteiger partial charge in [0.15, 0.2) is 11.3 Å². The Hall–Kier alpha value is -4.02. The van der Waals surface area contributed by atoms with Gasteiger partial charge < -0.3 is 15.1 Å². The van der Waals surface area contributed by atoms with E-state index in [1.807, 2.05) is 0 Å². The Morgan fingerprint density at radius 2 is 1.65 bits per heavy atom. The number of hydrogen-bond donors (Lipinski definition) is 2. The average molecular weight is 303 g/mol. The zero-order valence-electron chi connectivity index (χ0n) is 11.7. The lowest BCUT2D eigenvalue weighted by Crippen LogP contribution is -2.11. The number of amides is 1. The highest BCUT2D eigenvalue weighted by Gasteiger charge is 2.10. The summed E-state index contributed by atoms with van der Waals surface area (Å²) in [6, 6.07) is 14.7. The van der Waals surface area contributed by atoms with Crippen LogP contribution in [0.5, 0.6) is 0 Å². The van der Waals surface area contributed by atoms with Crippen molar-refractivity contribution in [2.75, 3.05) is 10.6 Å². The molecule has 0 aliphatic carbocycles. The second-order valence-corrected chi connectivity index (χ2v) is 4.22. The number of anilines is 2. The van der Waals surface area contributed by atoms with E-state index in [9.17, 15) is 4.79 Å². The number of carbonyl (C=O) groups is 1. The Bertz CT molecular complexity index is 860. The van der Waals surface area contributed by atoms with Crippen molar-refractivity contribution >= 4 is 17.3 Å². The zero-order chi connectivity index (χ0) is 16.7. The number of benzene rings is 1. The summed E-state index contributed by atoms with van der Waals surface area (Å²) in [5.74, 6) is -0.254. The van der Waals surface area contributed by atoms with Gasteiger partial charge in [-0.25, -0.2) is 0 Å². The highest BCUT2D eigenvalue weighted by Crippen LogP contribution is 2.18. The van der Waals surface area contributed by atoms with Gasteiger partial charge in [-0.15, -0.1) is 0 Å². The monoisotopic (exact) mass is 303 g/mol. The summed E-state index contributed by atoms with van der Waals surface area (Å²) < 4.78 is 4.99. The van der Waals surface area contributed by atoms with Gasteiger partial charge in [0.25, 0.3) is 5.91 Å². The topological polar surface area (TPSA) is 126 Å². The molecule has 0 radical (unpaired) electrons. The third-order valence-electron chi connectivity index (χ3n) is 2.72. The molecule has 2 aromatic rings. The molecule has 0 atom stereocenters. The lowest BCUT2D eigenvalue weighted by molar-refractivity contribution is 0.0996. The molecule has 0 unspecified atom stereocenters. The van der Waals surface area contributed by atoms with Crippen LogP contribution in [0.1, 0.15) is 10.6 Å². The van der Waals surface area contributed by atoms with E-state index >= 15 is 0 Å². The molecule has 0 fully saturated rings. The largest absolute Gasteiger partial charge is 0.459 e. The number of nitrogens with zero attached hydrogens (tertiary/aromatic N) is 3. The first-order valence-corrected chi connectivity index (χ1v) is 6.34. The Morgan fingerprint density at radius 3 is 2.22 bits per heavy atom. The standard InChI is InChI=1S/C16H9N5O2/c17-8-11(9-18)14(10-19)20-12-3-1-4-13(7-12)21-16(22)15-5-2-6-23-15/h1-7,20H,(H,21,22). The van der Waals surface area contributed by atoms with E-state index in [0.29, 0.717) is 11.4 Å². The Balaban J connectivity index is 2.20. The van der Waals surface area contributed by atoms with Crippen molar-refractivity contribution in [3.8, 4) is 18.2 Å².